The number of hydrogen-bond acceptors (Lipinski definition) is 2. The van der Waals surface area contributed by atoms with E-state index in [-0.39, 0.29) is 0 Å². The Kier molecular flexibility index (Phi) is 30.4. The summed E-state index contributed by atoms with van der Waals surface area (Å²) in [5, 5.41) is 20.3. The molecule has 4 nitrogen and oxygen atoms in total. The first-order valence-electron chi connectivity index (χ1n) is 15.0. The van der Waals surface area contributed by atoms with Crippen LogP contribution in [-0.4, -0.2) is 46.4 Å². The lowest BCUT2D eigenvalue weighted by atomic mass is 9.81. The van der Waals surface area contributed by atoms with Crippen molar-refractivity contribution in [3.63, 3.8) is 0 Å². The predicted octanol–water partition coefficient (Wildman–Crippen LogP) is 2.65. The van der Waals surface area contributed by atoms with E-state index in [9.17, 15) is 10.0 Å². The lowest BCUT2D eigenvalue weighted by Gasteiger charge is -2.26. The molecule has 0 fully saturated rings. The van der Waals surface area contributed by atoms with Crippen molar-refractivity contribution in [1.29, 1.82) is 0 Å². The van der Waals surface area contributed by atoms with Gasteiger partial charge in [-0.05, 0) is 38.5 Å². The second kappa shape index (κ2) is 29.4. The highest BCUT2D eigenvalue weighted by Gasteiger charge is 2.06. The van der Waals surface area contributed by atoms with Crippen molar-refractivity contribution < 1.29 is 19.8 Å². The fraction of sp³-hybridized carbons (Fsp3) is 0.800. The van der Waals surface area contributed by atoms with E-state index in [4.69, 9.17) is 0 Å². The monoisotopic (exact) mass is 492 g/mol. The lowest BCUT2D eigenvalue weighted by molar-refractivity contribution is -0.900. The van der Waals surface area contributed by atoms with E-state index < -0.39 is 7.12 Å². The molecule has 0 bridgehead atoms. The zero-order valence-electron chi connectivity index (χ0n) is 24.5. The molecule has 0 saturated carbocycles. The molecule has 2 N–H and O–H groups in total. The van der Waals surface area contributed by atoms with Gasteiger partial charge in [0.25, 0.3) is 0 Å². The minimum atomic E-state index is -1.84. The van der Waals surface area contributed by atoms with Crippen LogP contribution in [0.3, 0.4) is 0 Å². The average Bonchev–Trinajstić information content (AvgIpc) is 2.89. The Morgan fingerprint density at radius 1 is 0.486 bits per heavy atom. The van der Waals surface area contributed by atoms with Gasteiger partial charge >= 0.3 is 0 Å². The first-order valence-corrected chi connectivity index (χ1v) is 15.0. The van der Waals surface area contributed by atoms with Gasteiger partial charge in [-0.2, -0.15) is 0 Å². The summed E-state index contributed by atoms with van der Waals surface area (Å²) in [4.78, 5) is 3.68. The Morgan fingerprint density at radius 2 is 0.743 bits per heavy atom. The minimum absolute atomic E-state index is 0.303. The molecule has 0 unspecified atom stereocenters. The maximum absolute atomic E-state index is 10.2. The third kappa shape index (κ3) is 26.0. The van der Waals surface area contributed by atoms with Gasteiger partial charge in [-0.1, -0.05) is 118 Å². The molecular formula is C30H61BN2O2. The molecule has 35 heavy (non-hydrogen) atoms. The van der Waals surface area contributed by atoms with Crippen molar-refractivity contribution in [2.45, 2.75) is 119 Å². The molecule has 0 saturated heterocycles. The van der Waals surface area contributed by atoms with E-state index in [1.807, 2.05) is 9.80 Å². The van der Waals surface area contributed by atoms with Crippen LogP contribution in [0.25, 0.3) is 0 Å². The minimum Gasteiger partial charge on any atom is -0.889 e. The number of benzene rings is 1. The van der Waals surface area contributed by atoms with Crippen LogP contribution >= 0.6 is 0 Å². The lowest BCUT2D eigenvalue weighted by Crippen LogP contribution is -3.12. The quantitative estimate of drug-likeness (QED) is 0.292. The molecule has 0 radical (unpaired) electrons. The van der Waals surface area contributed by atoms with E-state index >= 15 is 0 Å². The molecule has 0 aromatic heterocycles. The van der Waals surface area contributed by atoms with Gasteiger partial charge < -0.3 is 19.8 Å². The Bertz CT molecular complexity index is 440. The second-order valence-corrected chi connectivity index (χ2v) is 9.86. The number of rotatable bonds is 19. The van der Waals surface area contributed by atoms with Crippen molar-refractivity contribution >= 4 is 12.6 Å². The zero-order chi connectivity index (χ0) is 26.6. The topological polar surface area (TPSA) is 55.0 Å². The Balaban J connectivity index is 0. The largest absolute Gasteiger partial charge is 0.889 e. The molecule has 0 aliphatic heterocycles. The summed E-state index contributed by atoms with van der Waals surface area (Å²) in [5.74, 6) is 0. The number of hydrogen-bond donors (Lipinski definition) is 2. The standard InChI is InChI=1S/2C12H27N.C6H5BO2/c2*1-4-7-10-13(11-8-5-2)12-9-6-3;8-7(9)6-4-2-1-3-5-6/h2*4-12H2,1-3H3;1-5H/q;;-2/p+2. The SMILES string of the molecule is CCCC[NH+](CCCC)CCCC.CCCC[NH+](CCCC)CCCC.[O-]B([O-])c1ccccc1. The van der Waals surface area contributed by atoms with E-state index in [1.54, 1.807) is 18.2 Å². The smallest absolute Gasteiger partial charge is 0.0770 e. The van der Waals surface area contributed by atoms with Crippen LogP contribution in [-0.2, 0) is 0 Å². The van der Waals surface area contributed by atoms with Crippen molar-refractivity contribution in [2.75, 3.05) is 39.3 Å². The van der Waals surface area contributed by atoms with Crippen LogP contribution in [0.4, 0.5) is 0 Å². The van der Waals surface area contributed by atoms with Gasteiger partial charge in [-0.3, -0.25) is 0 Å². The summed E-state index contributed by atoms with van der Waals surface area (Å²) < 4.78 is 0. The number of nitrogens with one attached hydrogen (secondary N) is 2. The molecule has 206 valence electrons. The molecule has 1 aromatic rings. The summed E-state index contributed by atoms with van der Waals surface area (Å²) >= 11 is 0. The average molecular weight is 493 g/mol. The first-order chi connectivity index (χ1) is 17.0. The van der Waals surface area contributed by atoms with Gasteiger partial charge in [0.2, 0.25) is 0 Å². The Hall–Kier alpha value is -0.875. The Morgan fingerprint density at radius 3 is 0.914 bits per heavy atom. The van der Waals surface area contributed by atoms with E-state index in [0.717, 1.165) is 0 Å². The third-order valence-corrected chi connectivity index (χ3v) is 6.38. The van der Waals surface area contributed by atoms with Gasteiger partial charge in [0.05, 0.1) is 39.3 Å². The fourth-order valence-electron chi connectivity index (χ4n) is 3.92. The summed E-state index contributed by atoms with van der Waals surface area (Å²) in [7, 11) is -1.84. The summed E-state index contributed by atoms with van der Waals surface area (Å²) in [6.07, 6.45) is 16.5. The van der Waals surface area contributed by atoms with Crippen LogP contribution < -0.4 is 25.3 Å². The van der Waals surface area contributed by atoms with Gasteiger partial charge in [0.1, 0.15) is 0 Å². The van der Waals surface area contributed by atoms with Crippen LogP contribution in [0, 0.1) is 0 Å². The molecule has 0 spiro atoms. The summed E-state index contributed by atoms with van der Waals surface area (Å²) in [6.45, 7) is 22.1. The summed E-state index contributed by atoms with van der Waals surface area (Å²) in [5.41, 5.74) is 0.303. The van der Waals surface area contributed by atoms with Crippen LogP contribution in [0.2, 0.25) is 0 Å². The van der Waals surface area contributed by atoms with Crippen LogP contribution in [0.5, 0.6) is 0 Å². The molecule has 0 aliphatic carbocycles. The van der Waals surface area contributed by atoms with Gasteiger partial charge in [0, 0.05) is 0 Å². The molecule has 0 atom stereocenters. The fourth-order valence-corrected chi connectivity index (χ4v) is 3.92. The number of quaternary nitrogens is 2. The molecule has 0 aliphatic rings. The Labute approximate surface area is 220 Å². The van der Waals surface area contributed by atoms with E-state index in [2.05, 4.69) is 41.5 Å². The maximum Gasteiger partial charge on any atom is 0.0770 e. The van der Waals surface area contributed by atoms with Crippen LogP contribution in [0.1, 0.15) is 119 Å². The van der Waals surface area contributed by atoms with Crippen molar-refractivity contribution in [3.05, 3.63) is 30.3 Å². The molecule has 1 aromatic carbocycles. The first kappa shape index (κ1) is 36.3. The van der Waals surface area contributed by atoms with Crippen molar-refractivity contribution in [1.82, 2.24) is 0 Å². The molecule has 1 rings (SSSR count). The highest BCUT2D eigenvalue weighted by Crippen LogP contribution is 1.87. The van der Waals surface area contributed by atoms with E-state index in [0.29, 0.717) is 5.46 Å². The maximum atomic E-state index is 10.2. The highest BCUT2D eigenvalue weighted by molar-refractivity contribution is 6.55. The highest BCUT2D eigenvalue weighted by atomic mass is 16.4. The van der Waals surface area contributed by atoms with Crippen LogP contribution in [0.15, 0.2) is 30.3 Å². The van der Waals surface area contributed by atoms with E-state index in [1.165, 1.54) is 128 Å². The summed E-state index contributed by atoms with van der Waals surface area (Å²) in [6, 6.07) is 8.19. The van der Waals surface area contributed by atoms with Crippen molar-refractivity contribution in [2.24, 2.45) is 0 Å². The number of unbranched alkanes of at least 4 members (excludes halogenated alkanes) is 6. The van der Waals surface area contributed by atoms with Crippen molar-refractivity contribution in [3.8, 4) is 0 Å². The predicted molar refractivity (Wildman–Crippen MR) is 152 cm³/mol. The van der Waals surface area contributed by atoms with Gasteiger partial charge in [0.15, 0.2) is 0 Å². The van der Waals surface area contributed by atoms with Gasteiger partial charge in [-0.25, -0.2) is 0 Å². The second-order valence-electron chi connectivity index (χ2n) is 9.86. The zero-order valence-corrected chi connectivity index (χ0v) is 24.5. The molecular weight excluding hydrogens is 431 g/mol. The molecule has 0 heterocycles. The normalized spacial score (nSPS) is 10.6. The third-order valence-electron chi connectivity index (χ3n) is 6.38. The molecule has 5 heteroatoms. The molecule has 0 amide bonds. The van der Waals surface area contributed by atoms with Gasteiger partial charge in [-0.15, -0.1) is 5.46 Å².